The lowest BCUT2D eigenvalue weighted by Gasteiger charge is -2.34. The summed E-state index contributed by atoms with van der Waals surface area (Å²) < 4.78 is 0. The molecule has 2 aliphatic heterocycles. The number of hydrogen-bond donors (Lipinski definition) is 1. The van der Waals surface area contributed by atoms with Gasteiger partial charge in [0.05, 0.1) is 6.54 Å². The maximum absolute atomic E-state index is 13.1. The number of carbonyl (C=O) groups excluding carboxylic acids is 2. The number of benzene rings is 2. The van der Waals surface area contributed by atoms with Crippen LogP contribution in [-0.2, 0) is 11.2 Å². The van der Waals surface area contributed by atoms with Crippen molar-refractivity contribution in [2.45, 2.75) is 39.2 Å². The number of anilines is 1. The van der Waals surface area contributed by atoms with Crippen molar-refractivity contribution in [1.29, 1.82) is 0 Å². The van der Waals surface area contributed by atoms with Crippen molar-refractivity contribution in [2.24, 2.45) is 0 Å². The molecule has 4 rings (SSSR count). The molecule has 0 saturated carbocycles. The van der Waals surface area contributed by atoms with Gasteiger partial charge in [-0.2, -0.15) is 0 Å². The van der Waals surface area contributed by atoms with Gasteiger partial charge in [0, 0.05) is 36.9 Å². The Morgan fingerprint density at radius 2 is 1.81 bits per heavy atom. The predicted octanol–water partition coefficient (Wildman–Crippen LogP) is 3.89. The van der Waals surface area contributed by atoms with Crippen molar-refractivity contribution in [1.82, 2.24) is 10.2 Å². The van der Waals surface area contributed by atoms with Gasteiger partial charge in [-0.1, -0.05) is 42.5 Å². The molecule has 5 nitrogen and oxygen atoms in total. The number of rotatable bonds is 5. The molecule has 0 atom stereocenters. The van der Waals surface area contributed by atoms with E-state index in [2.05, 4.69) is 40.6 Å². The average Bonchev–Trinajstić information content (AvgIpc) is 2.79. The molecular weight excluding hydrogens is 386 g/mol. The molecule has 0 bridgehead atoms. The van der Waals surface area contributed by atoms with Crippen molar-refractivity contribution < 1.29 is 9.59 Å². The molecular formula is C26H31N3O2. The van der Waals surface area contributed by atoms with Gasteiger partial charge < -0.3 is 15.1 Å². The predicted molar refractivity (Wildman–Crippen MR) is 125 cm³/mol. The van der Waals surface area contributed by atoms with Gasteiger partial charge in [-0.15, -0.1) is 0 Å². The van der Waals surface area contributed by atoms with E-state index in [1.807, 2.05) is 43.0 Å². The average molecular weight is 418 g/mol. The zero-order chi connectivity index (χ0) is 21.8. The van der Waals surface area contributed by atoms with Crippen LogP contribution in [0.3, 0.4) is 0 Å². The van der Waals surface area contributed by atoms with Crippen molar-refractivity contribution in [3.63, 3.8) is 0 Å². The Hall–Kier alpha value is -3.08. The van der Waals surface area contributed by atoms with Gasteiger partial charge in [-0.25, -0.2) is 0 Å². The quantitative estimate of drug-likeness (QED) is 0.803. The number of nitrogens with zero attached hydrogens (tertiary/aromatic N) is 2. The number of nitrogens with one attached hydrogen (secondary N) is 1. The van der Waals surface area contributed by atoms with E-state index >= 15 is 0 Å². The maximum Gasteiger partial charge on any atom is 0.251 e. The summed E-state index contributed by atoms with van der Waals surface area (Å²) >= 11 is 0. The molecule has 2 heterocycles. The molecule has 0 aliphatic carbocycles. The van der Waals surface area contributed by atoms with Gasteiger partial charge in [-0.05, 0) is 61.9 Å². The van der Waals surface area contributed by atoms with Crippen molar-refractivity contribution in [2.75, 3.05) is 31.1 Å². The minimum atomic E-state index is -0.0327. The standard InChI is InChI=1S/C26H31N3O2/c1-19(2)27-26(31)23-10-6-12-24-22(23)11-7-15-29(24)18-25(30)28-16-13-21(14-17-28)20-8-4-3-5-9-20/h3-6,8-10,12-13,19H,7,11,14-18H2,1-2H3,(H,27,31). The first-order chi connectivity index (χ1) is 15.0. The summed E-state index contributed by atoms with van der Waals surface area (Å²) in [6.45, 7) is 6.53. The molecule has 5 heteroatoms. The highest BCUT2D eigenvalue weighted by Gasteiger charge is 2.26. The largest absolute Gasteiger partial charge is 0.362 e. The van der Waals surface area contributed by atoms with Crippen molar-refractivity contribution in [3.05, 3.63) is 71.3 Å². The molecule has 0 unspecified atom stereocenters. The first-order valence-corrected chi connectivity index (χ1v) is 11.2. The molecule has 2 aliphatic rings. The van der Waals surface area contributed by atoms with E-state index in [9.17, 15) is 9.59 Å². The third-order valence-corrected chi connectivity index (χ3v) is 6.04. The highest BCUT2D eigenvalue weighted by atomic mass is 16.2. The summed E-state index contributed by atoms with van der Waals surface area (Å²) in [6.07, 6.45) is 4.88. The van der Waals surface area contributed by atoms with Crippen LogP contribution in [-0.4, -0.2) is 48.9 Å². The molecule has 1 N–H and O–H groups in total. The molecule has 2 amide bonds. The lowest BCUT2D eigenvalue weighted by molar-refractivity contribution is -0.129. The normalized spacial score (nSPS) is 16.0. The zero-order valence-electron chi connectivity index (χ0n) is 18.4. The van der Waals surface area contributed by atoms with E-state index in [0.717, 1.165) is 49.2 Å². The number of hydrogen-bond acceptors (Lipinski definition) is 3. The van der Waals surface area contributed by atoms with Gasteiger partial charge >= 0.3 is 0 Å². The van der Waals surface area contributed by atoms with Gasteiger partial charge in [0.2, 0.25) is 5.91 Å². The van der Waals surface area contributed by atoms with Crippen LogP contribution >= 0.6 is 0 Å². The monoisotopic (exact) mass is 417 g/mol. The summed E-state index contributed by atoms with van der Waals surface area (Å²) in [4.78, 5) is 29.8. The summed E-state index contributed by atoms with van der Waals surface area (Å²) in [6, 6.07) is 16.3. The van der Waals surface area contributed by atoms with Crippen LogP contribution < -0.4 is 10.2 Å². The van der Waals surface area contributed by atoms with Crippen LogP contribution in [0.25, 0.3) is 5.57 Å². The van der Waals surface area contributed by atoms with Gasteiger partial charge in [0.25, 0.3) is 5.91 Å². The van der Waals surface area contributed by atoms with E-state index in [1.165, 1.54) is 11.1 Å². The SMILES string of the molecule is CC(C)NC(=O)c1cccc2c1CCCN2CC(=O)N1CC=C(c2ccccc2)CC1. The number of carbonyl (C=O) groups is 2. The maximum atomic E-state index is 13.1. The number of fused-ring (bicyclic) bond motifs is 1. The second kappa shape index (κ2) is 9.38. The Morgan fingerprint density at radius 1 is 1.00 bits per heavy atom. The van der Waals surface area contributed by atoms with Crippen LogP contribution in [0.15, 0.2) is 54.6 Å². The number of amides is 2. The van der Waals surface area contributed by atoms with Gasteiger partial charge in [0.1, 0.15) is 0 Å². The van der Waals surface area contributed by atoms with E-state index in [4.69, 9.17) is 0 Å². The summed E-state index contributed by atoms with van der Waals surface area (Å²) in [5.41, 5.74) is 5.37. The zero-order valence-corrected chi connectivity index (χ0v) is 18.4. The van der Waals surface area contributed by atoms with Gasteiger partial charge in [0.15, 0.2) is 0 Å². The van der Waals surface area contributed by atoms with Crippen molar-refractivity contribution in [3.8, 4) is 0 Å². The third-order valence-electron chi connectivity index (χ3n) is 6.04. The van der Waals surface area contributed by atoms with E-state index in [-0.39, 0.29) is 17.9 Å². The lowest BCUT2D eigenvalue weighted by atomic mass is 9.95. The molecule has 0 spiro atoms. The van der Waals surface area contributed by atoms with E-state index < -0.39 is 0 Å². The van der Waals surface area contributed by atoms with E-state index in [0.29, 0.717) is 13.1 Å². The Labute approximate surface area is 184 Å². The summed E-state index contributed by atoms with van der Waals surface area (Å²) in [5.74, 6) is 0.114. The Kier molecular flexibility index (Phi) is 6.40. The van der Waals surface area contributed by atoms with E-state index in [1.54, 1.807) is 0 Å². The molecule has 0 aromatic heterocycles. The lowest BCUT2D eigenvalue weighted by Crippen LogP contribution is -2.44. The van der Waals surface area contributed by atoms with Crippen LogP contribution in [0.5, 0.6) is 0 Å². The van der Waals surface area contributed by atoms with Crippen LogP contribution in [0.1, 0.15) is 48.2 Å². The topological polar surface area (TPSA) is 52.7 Å². The first kappa shape index (κ1) is 21.2. The van der Waals surface area contributed by atoms with Crippen molar-refractivity contribution >= 4 is 23.1 Å². The molecule has 0 saturated heterocycles. The van der Waals surface area contributed by atoms with Crippen LogP contribution in [0.2, 0.25) is 0 Å². The molecule has 31 heavy (non-hydrogen) atoms. The van der Waals surface area contributed by atoms with Crippen LogP contribution in [0, 0.1) is 0 Å². The Bertz CT molecular complexity index is 981. The Morgan fingerprint density at radius 3 is 2.52 bits per heavy atom. The summed E-state index contributed by atoms with van der Waals surface area (Å²) in [5, 5.41) is 2.99. The molecule has 0 radical (unpaired) electrons. The highest BCUT2D eigenvalue weighted by Crippen LogP contribution is 2.30. The minimum Gasteiger partial charge on any atom is -0.362 e. The first-order valence-electron chi connectivity index (χ1n) is 11.2. The molecule has 2 aromatic carbocycles. The second-order valence-corrected chi connectivity index (χ2v) is 8.64. The fourth-order valence-electron chi connectivity index (χ4n) is 4.49. The van der Waals surface area contributed by atoms with Gasteiger partial charge in [-0.3, -0.25) is 9.59 Å². The fraction of sp³-hybridized carbons (Fsp3) is 0.385. The Balaban J connectivity index is 1.45. The second-order valence-electron chi connectivity index (χ2n) is 8.64. The fourth-order valence-corrected chi connectivity index (χ4v) is 4.49. The smallest absolute Gasteiger partial charge is 0.251 e. The molecule has 162 valence electrons. The van der Waals surface area contributed by atoms with Crippen LogP contribution in [0.4, 0.5) is 5.69 Å². The highest BCUT2D eigenvalue weighted by molar-refractivity contribution is 5.97. The minimum absolute atomic E-state index is 0.0327. The third kappa shape index (κ3) is 4.82. The molecule has 0 fully saturated rings. The molecule has 2 aromatic rings. The summed E-state index contributed by atoms with van der Waals surface area (Å²) in [7, 11) is 0.